The minimum absolute atomic E-state index is 0.167. The average molecular weight is 240 g/mol. The lowest BCUT2D eigenvalue weighted by Gasteiger charge is -2.11. The quantitative estimate of drug-likeness (QED) is 0.713. The molecular formula is C12H20N2O3. The van der Waals surface area contributed by atoms with Crippen LogP contribution in [0.4, 0.5) is 0 Å². The number of rotatable bonds is 6. The molecule has 0 aromatic carbocycles. The molecule has 0 saturated carbocycles. The Balaban J connectivity index is 2.76. The van der Waals surface area contributed by atoms with E-state index < -0.39 is 0 Å². The van der Waals surface area contributed by atoms with E-state index >= 15 is 0 Å². The van der Waals surface area contributed by atoms with Gasteiger partial charge in [-0.25, -0.2) is 4.79 Å². The van der Waals surface area contributed by atoms with Gasteiger partial charge in [-0.3, -0.25) is 4.68 Å². The molecule has 0 saturated heterocycles. The van der Waals surface area contributed by atoms with Crippen molar-refractivity contribution in [1.29, 1.82) is 0 Å². The van der Waals surface area contributed by atoms with Crippen LogP contribution in [0.15, 0.2) is 6.20 Å². The lowest BCUT2D eigenvalue weighted by molar-refractivity contribution is 0.0424. The first-order valence-electron chi connectivity index (χ1n) is 5.89. The zero-order valence-corrected chi connectivity index (χ0v) is 10.9. The van der Waals surface area contributed by atoms with E-state index in [9.17, 15) is 4.79 Å². The molecule has 1 atom stereocenters. The molecule has 0 spiro atoms. The molecule has 17 heavy (non-hydrogen) atoms. The van der Waals surface area contributed by atoms with Gasteiger partial charge in [-0.05, 0) is 20.3 Å². The first-order valence-corrected chi connectivity index (χ1v) is 5.89. The summed E-state index contributed by atoms with van der Waals surface area (Å²) in [5.41, 5.74) is 1.24. The van der Waals surface area contributed by atoms with Crippen LogP contribution in [-0.4, -0.2) is 28.5 Å². The predicted octanol–water partition coefficient (Wildman–Crippen LogP) is 1.91. The summed E-state index contributed by atoms with van der Waals surface area (Å²) in [6.07, 6.45) is 2.62. The van der Waals surface area contributed by atoms with Crippen molar-refractivity contribution in [3.8, 4) is 0 Å². The SMILES string of the molecule is CCOC(=O)c1cnn(C)c1CO[C@H](C)CC. The normalized spacial score (nSPS) is 12.5. The van der Waals surface area contributed by atoms with Crippen LogP contribution in [0.1, 0.15) is 43.2 Å². The maximum atomic E-state index is 11.7. The van der Waals surface area contributed by atoms with Crippen molar-refractivity contribution in [2.24, 2.45) is 7.05 Å². The number of nitrogens with zero attached hydrogens (tertiary/aromatic N) is 2. The summed E-state index contributed by atoms with van der Waals surface area (Å²) in [6.45, 7) is 6.57. The van der Waals surface area contributed by atoms with E-state index in [-0.39, 0.29) is 12.1 Å². The first kappa shape index (κ1) is 13.7. The van der Waals surface area contributed by atoms with Gasteiger partial charge in [0.25, 0.3) is 0 Å². The molecule has 5 heteroatoms. The molecule has 0 unspecified atom stereocenters. The number of esters is 1. The summed E-state index contributed by atoms with van der Waals surface area (Å²) in [7, 11) is 1.79. The second-order valence-electron chi connectivity index (χ2n) is 3.88. The Kier molecular flexibility index (Phi) is 5.15. The van der Waals surface area contributed by atoms with Gasteiger partial charge >= 0.3 is 5.97 Å². The maximum absolute atomic E-state index is 11.7. The van der Waals surface area contributed by atoms with Gasteiger partial charge in [0.1, 0.15) is 5.56 Å². The molecule has 1 aromatic rings. The highest BCUT2D eigenvalue weighted by atomic mass is 16.5. The molecule has 0 aliphatic carbocycles. The van der Waals surface area contributed by atoms with Crippen molar-refractivity contribution in [2.75, 3.05) is 6.61 Å². The Morgan fingerprint density at radius 2 is 2.24 bits per heavy atom. The van der Waals surface area contributed by atoms with Crippen LogP contribution < -0.4 is 0 Å². The van der Waals surface area contributed by atoms with E-state index in [0.717, 1.165) is 12.1 Å². The predicted molar refractivity (Wildman–Crippen MR) is 63.7 cm³/mol. The molecule has 5 nitrogen and oxygen atoms in total. The summed E-state index contributed by atoms with van der Waals surface area (Å²) in [5.74, 6) is -0.344. The van der Waals surface area contributed by atoms with Crippen LogP contribution in [0.5, 0.6) is 0 Å². The van der Waals surface area contributed by atoms with Gasteiger partial charge in [-0.1, -0.05) is 6.92 Å². The minimum Gasteiger partial charge on any atom is -0.462 e. The molecule has 0 amide bonds. The highest BCUT2D eigenvalue weighted by Crippen LogP contribution is 2.12. The van der Waals surface area contributed by atoms with E-state index in [1.807, 2.05) is 6.92 Å². The Morgan fingerprint density at radius 1 is 1.53 bits per heavy atom. The van der Waals surface area contributed by atoms with Gasteiger partial charge in [-0.15, -0.1) is 0 Å². The fraction of sp³-hybridized carbons (Fsp3) is 0.667. The zero-order chi connectivity index (χ0) is 12.8. The van der Waals surface area contributed by atoms with E-state index in [0.29, 0.717) is 18.8 Å². The van der Waals surface area contributed by atoms with Crippen LogP contribution in [0, 0.1) is 0 Å². The summed E-state index contributed by atoms with van der Waals surface area (Å²) >= 11 is 0. The third-order valence-electron chi connectivity index (χ3n) is 2.64. The van der Waals surface area contributed by atoms with Gasteiger partial charge in [0.15, 0.2) is 0 Å². The van der Waals surface area contributed by atoms with Crippen LogP contribution in [0.2, 0.25) is 0 Å². The fourth-order valence-corrected chi connectivity index (χ4v) is 1.35. The number of ether oxygens (including phenoxy) is 2. The molecule has 0 N–H and O–H groups in total. The van der Waals surface area contributed by atoms with E-state index in [1.54, 1.807) is 18.7 Å². The Labute approximate surface area is 102 Å². The van der Waals surface area contributed by atoms with Gasteiger partial charge in [0, 0.05) is 7.05 Å². The molecule has 1 aromatic heterocycles. The summed E-state index contributed by atoms with van der Waals surface area (Å²) in [6, 6.07) is 0. The number of hydrogen-bond acceptors (Lipinski definition) is 4. The highest BCUT2D eigenvalue weighted by Gasteiger charge is 2.17. The van der Waals surface area contributed by atoms with Crippen LogP contribution in [-0.2, 0) is 23.1 Å². The van der Waals surface area contributed by atoms with E-state index in [2.05, 4.69) is 12.0 Å². The molecule has 1 rings (SSSR count). The number of aryl methyl sites for hydroxylation is 1. The van der Waals surface area contributed by atoms with Crippen LogP contribution in [0.3, 0.4) is 0 Å². The lowest BCUT2D eigenvalue weighted by Crippen LogP contribution is -2.13. The van der Waals surface area contributed by atoms with Gasteiger partial charge in [0.2, 0.25) is 0 Å². The number of carbonyl (C=O) groups excluding carboxylic acids is 1. The average Bonchev–Trinajstić information content (AvgIpc) is 2.68. The van der Waals surface area contributed by atoms with Crippen molar-refractivity contribution in [1.82, 2.24) is 9.78 Å². The number of carbonyl (C=O) groups is 1. The summed E-state index contributed by atoms with van der Waals surface area (Å²) < 4.78 is 12.2. The smallest absolute Gasteiger partial charge is 0.341 e. The molecule has 0 aliphatic rings. The molecule has 0 aliphatic heterocycles. The Hall–Kier alpha value is -1.36. The standard InChI is InChI=1S/C12H20N2O3/c1-5-9(3)17-8-11-10(7-13-14(11)4)12(15)16-6-2/h7,9H,5-6,8H2,1-4H3/t9-/m1/s1. The molecule has 0 bridgehead atoms. The van der Waals surface area contributed by atoms with E-state index in [1.165, 1.54) is 6.20 Å². The second kappa shape index (κ2) is 6.39. The highest BCUT2D eigenvalue weighted by molar-refractivity contribution is 5.90. The molecular weight excluding hydrogens is 220 g/mol. The molecule has 1 heterocycles. The van der Waals surface area contributed by atoms with Crippen molar-refractivity contribution in [3.63, 3.8) is 0 Å². The zero-order valence-electron chi connectivity index (χ0n) is 10.9. The Bertz CT molecular complexity index is 374. The van der Waals surface area contributed by atoms with Crippen molar-refractivity contribution < 1.29 is 14.3 Å². The summed E-state index contributed by atoms with van der Waals surface area (Å²) in [5, 5.41) is 4.06. The third kappa shape index (κ3) is 3.56. The molecule has 0 radical (unpaired) electrons. The number of hydrogen-bond donors (Lipinski definition) is 0. The fourth-order valence-electron chi connectivity index (χ4n) is 1.35. The van der Waals surface area contributed by atoms with Crippen molar-refractivity contribution in [2.45, 2.75) is 39.9 Å². The second-order valence-corrected chi connectivity index (χ2v) is 3.88. The monoisotopic (exact) mass is 240 g/mol. The minimum atomic E-state index is -0.344. The van der Waals surface area contributed by atoms with E-state index in [4.69, 9.17) is 9.47 Å². The van der Waals surface area contributed by atoms with Gasteiger partial charge in [-0.2, -0.15) is 5.10 Å². The molecule has 96 valence electrons. The lowest BCUT2D eigenvalue weighted by atomic mass is 10.2. The molecule has 0 fully saturated rings. The van der Waals surface area contributed by atoms with Crippen LogP contribution in [0.25, 0.3) is 0 Å². The number of aromatic nitrogens is 2. The Morgan fingerprint density at radius 3 is 2.82 bits per heavy atom. The van der Waals surface area contributed by atoms with Gasteiger partial charge < -0.3 is 9.47 Å². The maximum Gasteiger partial charge on any atom is 0.341 e. The largest absolute Gasteiger partial charge is 0.462 e. The van der Waals surface area contributed by atoms with Crippen molar-refractivity contribution in [3.05, 3.63) is 17.5 Å². The van der Waals surface area contributed by atoms with Crippen LogP contribution >= 0.6 is 0 Å². The van der Waals surface area contributed by atoms with Gasteiger partial charge in [0.05, 0.1) is 31.2 Å². The third-order valence-corrected chi connectivity index (χ3v) is 2.64. The summed E-state index contributed by atoms with van der Waals surface area (Å²) in [4.78, 5) is 11.7. The van der Waals surface area contributed by atoms with Crippen molar-refractivity contribution >= 4 is 5.97 Å². The first-order chi connectivity index (χ1) is 8.10. The topological polar surface area (TPSA) is 53.3 Å².